The number of dihydropyridines is 1. The summed E-state index contributed by atoms with van der Waals surface area (Å²) in [6.07, 6.45) is 1.49. The van der Waals surface area contributed by atoms with E-state index in [-0.39, 0.29) is 29.4 Å². The fourth-order valence-electron chi connectivity index (χ4n) is 3.90. The van der Waals surface area contributed by atoms with Crippen LogP contribution in [0.25, 0.3) is 5.70 Å². The molecule has 0 fully saturated rings. The highest BCUT2D eigenvalue weighted by atomic mass is 35.5. The molecule has 9 heteroatoms. The van der Waals surface area contributed by atoms with E-state index < -0.39 is 11.9 Å². The lowest BCUT2D eigenvalue weighted by Gasteiger charge is -2.29. The number of amides is 1. The van der Waals surface area contributed by atoms with E-state index in [1.54, 1.807) is 31.2 Å². The van der Waals surface area contributed by atoms with Crippen molar-refractivity contribution in [2.45, 2.75) is 19.8 Å². The average molecular weight is 534 g/mol. The Kier molecular flexibility index (Phi) is 8.39. The third-order valence-electron chi connectivity index (χ3n) is 5.64. The van der Waals surface area contributed by atoms with Gasteiger partial charge in [-0.15, -0.1) is 0 Å². The van der Waals surface area contributed by atoms with Crippen LogP contribution in [0.3, 0.4) is 0 Å². The van der Waals surface area contributed by atoms with Gasteiger partial charge in [0.05, 0.1) is 52.5 Å². The number of esters is 1. The van der Waals surface area contributed by atoms with Crippen molar-refractivity contribution in [3.05, 3.63) is 105 Å². The van der Waals surface area contributed by atoms with Crippen LogP contribution in [0, 0.1) is 18.3 Å². The van der Waals surface area contributed by atoms with Gasteiger partial charge in [0.2, 0.25) is 5.91 Å². The first-order chi connectivity index (χ1) is 17.9. The largest absolute Gasteiger partial charge is 0.468 e. The maximum Gasteiger partial charge on any atom is 0.337 e. The van der Waals surface area contributed by atoms with Crippen LogP contribution >= 0.6 is 23.4 Å². The van der Waals surface area contributed by atoms with Gasteiger partial charge in [0.1, 0.15) is 5.76 Å². The number of carbonyl (C=O) groups is 2. The maximum atomic E-state index is 13.2. The van der Waals surface area contributed by atoms with Crippen LogP contribution in [0.2, 0.25) is 5.02 Å². The Hall–Kier alpha value is -3.93. The smallest absolute Gasteiger partial charge is 0.337 e. The Morgan fingerprint density at radius 2 is 1.97 bits per heavy atom. The molecule has 3 aromatic rings. The molecule has 7 nitrogen and oxygen atoms in total. The predicted molar refractivity (Wildman–Crippen MR) is 144 cm³/mol. The third-order valence-corrected chi connectivity index (χ3v) is 7.06. The van der Waals surface area contributed by atoms with Gasteiger partial charge in [-0.25, -0.2) is 4.79 Å². The van der Waals surface area contributed by atoms with Crippen molar-refractivity contribution in [1.82, 2.24) is 5.32 Å². The van der Waals surface area contributed by atoms with Crippen LogP contribution in [0.1, 0.15) is 29.7 Å². The fourth-order valence-corrected chi connectivity index (χ4v) is 4.93. The maximum absolute atomic E-state index is 13.2. The van der Waals surface area contributed by atoms with Crippen molar-refractivity contribution < 1.29 is 18.7 Å². The molecular weight excluding hydrogens is 510 g/mol. The van der Waals surface area contributed by atoms with E-state index in [0.29, 0.717) is 27.2 Å². The average Bonchev–Trinajstić information content (AvgIpc) is 3.44. The molecule has 0 aliphatic carbocycles. The Bertz CT molecular complexity index is 1410. The van der Waals surface area contributed by atoms with Gasteiger partial charge in [-0.3, -0.25) is 4.79 Å². The minimum Gasteiger partial charge on any atom is -0.468 e. The number of aryl methyl sites for hydroxylation is 1. The minimum absolute atomic E-state index is 0.0146. The molecule has 2 N–H and O–H groups in total. The van der Waals surface area contributed by atoms with Gasteiger partial charge in [-0.1, -0.05) is 59.8 Å². The molecule has 0 bridgehead atoms. The molecule has 2 heterocycles. The molecule has 0 saturated carbocycles. The molecule has 1 atom stereocenters. The minimum atomic E-state index is -0.808. The van der Waals surface area contributed by atoms with Crippen molar-refractivity contribution >= 4 is 46.6 Å². The standard InChI is InChI=1S/C28H24ClN3O4S/c1-3-35-28(34)25-24(22-10-7-13-36-22)20(15-30)27(32-26(25)18-8-5-4-6-9-18)37-16-23(33)31-19-12-11-17(2)21(29)14-19/h4-14,24,32H,3,16H2,1-2H3,(H,31,33)/t24-/m0/s1. The van der Waals surface area contributed by atoms with Crippen LogP contribution in [0.15, 0.2) is 87.5 Å². The normalized spacial score (nSPS) is 15.1. The molecule has 1 aliphatic rings. The van der Waals surface area contributed by atoms with Gasteiger partial charge in [0, 0.05) is 10.7 Å². The number of benzene rings is 2. The van der Waals surface area contributed by atoms with Crippen LogP contribution in [0.5, 0.6) is 0 Å². The number of hydrogen-bond acceptors (Lipinski definition) is 7. The lowest BCUT2D eigenvalue weighted by molar-refractivity contribution is -0.138. The number of carbonyl (C=O) groups excluding carboxylic acids is 2. The molecule has 1 aliphatic heterocycles. The number of thioether (sulfide) groups is 1. The Morgan fingerprint density at radius 1 is 1.19 bits per heavy atom. The van der Waals surface area contributed by atoms with Gasteiger partial charge in [0.25, 0.3) is 0 Å². The van der Waals surface area contributed by atoms with Crippen LogP contribution in [0.4, 0.5) is 5.69 Å². The second kappa shape index (κ2) is 11.9. The highest BCUT2D eigenvalue weighted by Crippen LogP contribution is 2.43. The Labute approximate surface area is 224 Å². The number of anilines is 1. The number of rotatable bonds is 8. The summed E-state index contributed by atoms with van der Waals surface area (Å²) >= 11 is 7.34. The number of nitriles is 1. The van der Waals surface area contributed by atoms with E-state index in [2.05, 4.69) is 16.7 Å². The van der Waals surface area contributed by atoms with Gasteiger partial charge in [0.15, 0.2) is 0 Å². The molecule has 2 aromatic carbocycles. The number of ether oxygens (including phenoxy) is 1. The first kappa shape index (κ1) is 26.1. The van der Waals surface area contributed by atoms with Gasteiger partial charge >= 0.3 is 5.97 Å². The van der Waals surface area contributed by atoms with Crippen molar-refractivity contribution in [3.8, 4) is 6.07 Å². The number of hydrogen-bond donors (Lipinski definition) is 2. The zero-order valence-corrected chi connectivity index (χ0v) is 21.8. The zero-order valence-electron chi connectivity index (χ0n) is 20.2. The molecule has 0 radical (unpaired) electrons. The highest BCUT2D eigenvalue weighted by Gasteiger charge is 2.38. The summed E-state index contributed by atoms with van der Waals surface area (Å²) < 4.78 is 11.0. The summed E-state index contributed by atoms with van der Waals surface area (Å²) in [6.45, 7) is 3.78. The fraction of sp³-hybridized carbons (Fsp3) is 0.179. The quantitative estimate of drug-likeness (QED) is 0.342. The molecule has 37 heavy (non-hydrogen) atoms. The van der Waals surface area contributed by atoms with E-state index in [1.807, 2.05) is 43.3 Å². The number of furan rings is 1. The monoisotopic (exact) mass is 533 g/mol. The number of allylic oxidation sites excluding steroid dienone is 1. The van der Waals surface area contributed by atoms with Crippen molar-refractivity contribution in [2.24, 2.45) is 0 Å². The van der Waals surface area contributed by atoms with Crippen molar-refractivity contribution in [1.29, 1.82) is 5.26 Å². The molecule has 0 spiro atoms. The molecule has 0 saturated heterocycles. The Balaban J connectivity index is 1.69. The van der Waals surface area contributed by atoms with Crippen LogP contribution < -0.4 is 10.6 Å². The second-order valence-electron chi connectivity index (χ2n) is 8.10. The first-order valence-electron chi connectivity index (χ1n) is 11.5. The van der Waals surface area contributed by atoms with Crippen LogP contribution in [-0.4, -0.2) is 24.2 Å². The van der Waals surface area contributed by atoms with E-state index in [0.717, 1.165) is 22.9 Å². The van der Waals surface area contributed by atoms with Gasteiger partial charge in [-0.05, 0) is 49.2 Å². The zero-order chi connectivity index (χ0) is 26.4. The summed E-state index contributed by atoms with van der Waals surface area (Å²) in [4.78, 5) is 26.0. The van der Waals surface area contributed by atoms with E-state index in [1.165, 1.54) is 6.26 Å². The third kappa shape index (κ3) is 5.91. The van der Waals surface area contributed by atoms with E-state index in [4.69, 9.17) is 20.8 Å². The summed E-state index contributed by atoms with van der Waals surface area (Å²) in [6, 6.07) is 20.2. The van der Waals surface area contributed by atoms with Gasteiger partial charge in [-0.2, -0.15) is 5.26 Å². The summed E-state index contributed by atoms with van der Waals surface area (Å²) in [5, 5.41) is 17.3. The predicted octanol–water partition coefficient (Wildman–Crippen LogP) is 6.01. The molecule has 4 rings (SSSR count). The number of nitrogens with zero attached hydrogens (tertiary/aromatic N) is 1. The SMILES string of the molecule is CCOC(=O)C1=C(c2ccccc2)NC(SCC(=O)Nc2ccc(C)c(Cl)c2)=C(C#N)[C@H]1c1ccco1. The van der Waals surface area contributed by atoms with E-state index >= 15 is 0 Å². The summed E-state index contributed by atoms with van der Waals surface area (Å²) in [7, 11) is 0. The topological polar surface area (TPSA) is 104 Å². The molecule has 188 valence electrons. The van der Waals surface area contributed by atoms with Crippen molar-refractivity contribution in [2.75, 3.05) is 17.7 Å². The first-order valence-corrected chi connectivity index (χ1v) is 12.9. The molecule has 0 unspecified atom stereocenters. The molecule has 1 aromatic heterocycles. The molecule has 1 amide bonds. The lowest BCUT2D eigenvalue weighted by atomic mass is 9.84. The lowest BCUT2D eigenvalue weighted by Crippen LogP contribution is -2.29. The summed E-state index contributed by atoms with van der Waals surface area (Å²) in [5.41, 5.74) is 3.24. The van der Waals surface area contributed by atoms with Crippen molar-refractivity contribution in [3.63, 3.8) is 0 Å². The highest BCUT2D eigenvalue weighted by molar-refractivity contribution is 8.03. The van der Waals surface area contributed by atoms with Gasteiger partial charge < -0.3 is 19.8 Å². The number of nitrogens with one attached hydrogen (secondary N) is 2. The van der Waals surface area contributed by atoms with Crippen LogP contribution in [-0.2, 0) is 14.3 Å². The number of halogens is 1. The van der Waals surface area contributed by atoms with E-state index in [9.17, 15) is 14.9 Å². The second-order valence-corrected chi connectivity index (χ2v) is 9.50. The summed E-state index contributed by atoms with van der Waals surface area (Å²) in [5.74, 6) is -1.20. The molecular formula is C28H24ClN3O4S. The Morgan fingerprint density at radius 3 is 2.62 bits per heavy atom.